The van der Waals surface area contributed by atoms with Gasteiger partial charge in [-0.2, -0.15) is 0 Å². The maximum Gasteiger partial charge on any atom is 0.163 e. The van der Waals surface area contributed by atoms with Crippen molar-refractivity contribution in [2.45, 2.75) is 26.2 Å². The highest BCUT2D eigenvalue weighted by molar-refractivity contribution is 6.30. The highest BCUT2D eigenvalue weighted by Gasteiger charge is 2.15. The second-order valence-electron chi connectivity index (χ2n) is 9.00. The summed E-state index contributed by atoms with van der Waals surface area (Å²) >= 11 is 6.09. The van der Waals surface area contributed by atoms with Crippen molar-refractivity contribution < 1.29 is 9.18 Å². The van der Waals surface area contributed by atoms with E-state index in [9.17, 15) is 9.18 Å². The van der Waals surface area contributed by atoms with Gasteiger partial charge in [-0.05, 0) is 92.4 Å². The maximum atomic E-state index is 14.0. The van der Waals surface area contributed by atoms with Crippen molar-refractivity contribution in [2.24, 2.45) is 0 Å². The zero-order valence-electron chi connectivity index (χ0n) is 19.5. The number of anilines is 2. The number of hydrogen-bond donors (Lipinski definition) is 1. The normalized spacial score (nSPS) is 13.9. The van der Waals surface area contributed by atoms with Crippen LogP contribution in [0.4, 0.5) is 15.8 Å². The first-order chi connectivity index (χ1) is 17.0. The first-order valence-electron chi connectivity index (χ1n) is 11.8. The molecule has 0 spiro atoms. The number of aromatic nitrogens is 2. The molecular weight excluding hydrogens is 463 g/mol. The summed E-state index contributed by atoms with van der Waals surface area (Å²) in [6.07, 6.45) is 8.70. The van der Waals surface area contributed by atoms with Crippen LogP contribution in [0.15, 0.2) is 61.1 Å². The Morgan fingerprint density at radius 2 is 1.89 bits per heavy atom. The van der Waals surface area contributed by atoms with E-state index in [1.54, 1.807) is 18.5 Å². The summed E-state index contributed by atoms with van der Waals surface area (Å²) in [6.45, 7) is 4.86. The largest absolute Gasteiger partial charge is 0.353 e. The molecule has 1 aliphatic heterocycles. The smallest absolute Gasteiger partial charge is 0.163 e. The van der Waals surface area contributed by atoms with Gasteiger partial charge in [-0.1, -0.05) is 17.7 Å². The molecule has 1 N–H and O–H groups in total. The monoisotopic (exact) mass is 488 g/mol. The number of Topliss-reactive ketones (excluding diaryl/α,β-unsaturated/α-hetero) is 1. The standard InChI is InChI=1S/C28H26ClFN4O/c1-18(35)26-17-32-27-5-4-20(21-11-22(29)14-23(30)12-21)13-25(27)28(26)33-24-10-19(15-31-16-24)6-9-34-7-2-3-8-34/h4-5,10-17H,2-3,6-9H2,1H3,(H,32,33). The molecule has 0 amide bonds. The Morgan fingerprint density at radius 1 is 1.06 bits per heavy atom. The van der Waals surface area contributed by atoms with E-state index in [1.165, 1.54) is 31.9 Å². The fourth-order valence-electron chi connectivity index (χ4n) is 4.62. The minimum absolute atomic E-state index is 0.0979. The number of halogens is 2. The van der Waals surface area contributed by atoms with Crippen LogP contribution in [-0.2, 0) is 6.42 Å². The summed E-state index contributed by atoms with van der Waals surface area (Å²) in [6, 6.07) is 12.2. The van der Waals surface area contributed by atoms with Gasteiger partial charge in [0.05, 0.1) is 28.7 Å². The Hall–Kier alpha value is -3.35. The lowest BCUT2D eigenvalue weighted by Gasteiger charge is -2.16. The number of likely N-dealkylation sites (tertiary alicyclic amines) is 1. The zero-order valence-corrected chi connectivity index (χ0v) is 20.3. The lowest BCUT2D eigenvalue weighted by atomic mass is 10.00. The van der Waals surface area contributed by atoms with Crippen molar-refractivity contribution in [1.82, 2.24) is 14.9 Å². The van der Waals surface area contributed by atoms with Crippen LogP contribution < -0.4 is 5.32 Å². The molecule has 0 saturated carbocycles. The Bertz CT molecular complexity index is 1380. The Kier molecular flexibility index (Phi) is 6.75. The number of benzene rings is 2. The average molecular weight is 489 g/mol. The number of carbonyl (C=O) groups is 1. The van der Waals surface area contributed by atoms with E-state index in [0.717, 1.165) is 53.8 Å². The van der Waals surface area contributed by atoms with Crippen LogP contribution >= 0.6 is 11.6 Å². The number of ketones is 1. The van der Waals surface area contributed by atoms with Crippen LogP contribution in [0.1, 0.15) is 35.7 Å². The second kappa shape index (κ2) is 10.1. The van der Waals surface area contributed by atoms with Crippen molar-refractivity contribution in [3.05, 3.63) is 83.0 Å². The van der Waals surface area contributed by atoms with E-state index in [1.807, 2.05) is 24.4 Å². The number of nitrogens with one attached hydrogen (secondary N) is 1. The van der Waals surface area contributed by atoms with Gasteiger partial charge >= 0.3 is 0 Å². The van der Waals surface area contributed by atoms with Crippen LogP contribution in [-0.4, -0.2) is 40.3 Å². The molecule has 4 aromatic rings. The number of pyridine rings is 2. The Morgan fingerprint density at radius 3 is 2.66 bits per heavy atom. The van der Waals surface area contributed by atoms with E-state index < -0.39 is 5.82 Å². The number of nitrogens with zero attached hydrogens (tertiary/aromatic N) is 3. The molecule has 7 heteroatoms. The maximum absolute atomic E-state index is 14.0. The molecular formula is C28H26ClFN4O. The quantitative estimate of drug-likeness (QED) is 0.294. The molecule has 0 bridgehead atoms. The minimum Gasteiger partial charge on any atom is -0.353 e. The third kappa shape index (κ3) is 5.34. The SMILES string of the molecule is CC(=O)c1cnc2ccc(-c3cc(F)cc(Cl)c3)cc2c1Nc1cncc(CCN2CCCC2)c1. The zero-order chi connectivity index (χ0) is 24.4. The summed E-state index contributed by atoms with van der Waals surface area (Å²) in [5.41, 5.74) is 5.24. The van der Waals surface area contributed by atoms with E-state index in [2.05, 4.69) is 26.3 Å². The highest BCUT2D eigenvalue weighted by atomic mass is 35.5. The topological polar surface area (TPSA) is 58.1 Å². The Labute approximate surface area is 209 Å². The van der Waals surface area contributed by atoms with Gasteiger partial charge in [0.15, 0.2) is 5.78 Å². The number of fused-ring (bicyclic) bond motifs is 1. The molecule has 5 rings (SSSR count). The molecule has 0 radical (unpaired) electrons. The number of carbonyl (C=O) groups excluding carboxylic acids is 1. The van der Waals surface area contributed by atoms with Gasteiger partial charge < -0.3 is 10.2 Å². The molecule has 1 saturated heterocycles. The lowest BCUT2D eigenvalue weighted by Crippen LogP contribution is -2.21. The summed E-state index contributed by atoms with van der Waals surface area (Å²) < 4.78 is 14.0. The predicted molar refractivity (Wildman–Crippen MR) is 139 cm³/mol. The van der Waals surface area contributed by atoms with Crippen molar-refractivity contribution in [3.8, 4) is 11.1 Å². The summed E-state index contributed by atoms with van der Waals surface area (Å²) in [5, 5.41) is 4.52. The van der Waals surface area contributed by atoms with E-state index >= 15 is 0 Å². The molecule has 0 aliphatic carbocycles. The molecule has 3 heterocycles. The molecule has 178 valence electrons. The van der Waals surface area contributed by atoms with Crippen molar-refractivity contribution in [3.63, 3.8) is 0 Å². The molecule has 2 aromatic carbocycles. The number of rotatable bonds is 7. The van der Waals surface area contributed by atoms with Crippen LogP contribution in [0.2, 0.25) is 5.02 Å². The fourth-order valence-corrected chi connectivity index (χ4v) is 4.85. The van der Waals surface area contributed by atoms with Gasteiger partial charge in [-0.15, -0.1) is 0 Å². The lowest BCUT2D eigenvalue weighted by molar-refractivity contribution is 0.101. The van der Waals surface area contributed by atoms with Crippen molar-refractivity contribution in [2.75, 3.05) is 25.0 Å². The van der Waals surface area contributed by atoms with Gasteiger partial charge in [-0.25, -0.2) is 4.39 Å². The summed E-state index contributed by atoms with van der Waals surface area (Å²) in [7, 11) is 0. The van der Waals surface area contributed by atoms with Crippen LogP contribution in [0.5, 0.6) is 0 Å². The van der Waals surface area contributed by atoms with Gasteiger partial charge in [0.2, 0.25) is 0 Å². The van der Waals surface area contributed by atoms with E-state index in [-0.39, 0.29) is 5.78 Å². The van der Waals surface area contributed by atoms with Gasteiger partial charge in [0, 0.05) is 29.3 Å². The third-order valence-electron chi connectivity index (χ3n) is 6.42. The van der Waals surface area contributed by atoms with E-state index in [4.69, 9.17) is 11.6 Å². The van der Waals surface area contributed by atoms with Gasteiger partial charge in [0.25, 0.3) is 0 Å². The molecule has 0 atom stereocenters. The summed E-state index contributed by atoms with van der Waals surface area (Å²) in [5.74, 6) is -0.502. The molecule has 1 fully saturated rings. The summed E-state index contributed by atoms with van der Waals surface area (Å²) in [4.78, 5) is 23.9. The van der Waals surface area contributed by atoms with E-state index in [0.29, 0.717) is 21.8 Å². The third-order valence-corrected chi connectivity index (χ3v) is 6.64. The molecule has 0 unspecified atom stereocenters. The minimum atomic E-state index is -0.404. The number of hydrogen-bond acceptors (Lipinski definition) is 5. The van der Waals surface area contributed by atoms with Crippen molar-refractivity contribution >= 4 is 39.7 Å². The highest BCUT2D eigenvalue weighted by Crippen LogP contribution is 2.34. The molecule has 2 aromatic heterocycles. The van der Waals surface area contributed by atoms with Gasteiger partial charge in [-0.3, -0.25) is 14.8 Å². The average Bonchev–Trinajstić information content (AvgIpc) is 3.36. The molecule has 1 aliphatic rings. The predicted octanol–water partition coefficient (Wildman–Crippen LogP) is 6.67. The van der Waals surface area contributed by atoms with Crippen LogP contribution in [0, 0.1) is 5.82 Å². The first kappa shape index (κ1) is 23.4. The van der Waals surface area contributed by atoms with Crippen molar-refractivity contribution in [1.29, 1.82) is 0 Å². The molecule has 35 heavy (non-hydrogen) atoms. The molecule has 5 nitrogen and oxygen atoms in total. The van der Waals surface area contributed by atoms with Crippen LogP contribution in [0.25, 0.3) is 22.0 Å². The van der Waals surface area contributed by atoms with Gasteiger partial charge in [0.1, 0.15) is 5.82 Å². The Balaban J connectivity index is 1.52. The second-order valence-corrected chi connectivity index (χ2v) is 9.44. The first-order valence-corrected chi connectivity index (χ1v) is 12.2. The van der Waals surface area contributed by atoms with Crippen LogP contribution in [0.3, 0.4) is 0 Å². The fraction of sp³-hybridized carbons (Fsp3) is 0.250.